The minimum absolute atomic E-state index is 0.109. The molecular formula is C19H24N2O3. The topological polar surface area (TPSA) is 86.5 Å². The van der Waals surface area contributed by atoms with Gasteiger partial charge in [0.15, 0.2) is 0 Å². The molecule has 0 aliphatic heterocycles. The molecule has 0 saturated heterocycles. The second kappa shape index (κ2) is 6.40. The second-order valence-electron chi connectivity index (χ2n) is 7.12. The Kier molecular flexibility index (Phi) is 4.45. The first-order chi connectivity index (χ1) is 11.4. The maximum Gasteiger partial charge on any atom is 0.221 e. The van der Waals surface area contributed by atoms with Crippen molar-refractivity contribution in [2.75, 3.05) is 0 Å². The van der Waals surface area contributed by atoms with E-state index in [1.54, 1.807) is 0 Å². The summed E-state index contributed by atoms with van der Waals surface area (Å²) >= 11 is 0. The summed E-state index contributed by atoms with van der Waals surface area (Å²) in [5.74, 6) is -0.0901. The lowest BCUT2D eigenvalue weighted by Gasteiger charge is -2.28. The number of aliphatic hydroxyl groups is 1. The minimum Gasteiger partial charge on any atom is -0.493 e. The Morgan fingerprint density at radius 3 is 2.21 bits per heavy atom. The molecule has 3 N–H and O–H groups in total. The van der Waals surface area contributed by atoms with E-state index >= 15 is 0 Å². The van der Waals surface area contributed by atoms with Crippen LogP contribution >= 0.6 is 0 Å². The van der Waals surface area contributed by atoms with Crippen LogP contribution in [-0.4, -0.2) is 31.4 Å². The van der Waals surface area contributed by atoms with Gasteiger partial charge >= 0.3 is 0 Å². The first kappa shape index (κ1) is 16.7. The molecule has 1 aromatic carbocycles. The second-order valence-corrected chi connectivity index (χ2v) is 7.12. The van der Waals surface area contributed by atoms with Crippen LogP contribution in [0.15, 0.2) is 30.3 Å². The Balaban J connectivity index is 1.98. The van der Waals surface area contributed by atoms with Gasteiger partial charge in [0.25, 0.3) is 0 Å². The SMILES string of the molecule is CC(C)(c1ccccc1)c1nc(O)c(C2CCCC(O)C2)c(O)n1. The van der Waals surface area contributed by atoms with Gasteiger partial charge in [-0.1, -0.05) is 36.8 Å². The molecule has 0 bridgehead atoms. The fourth-order valence-electron chi connectivity index (χ4n) is 3.50. The van der Waals surface area contributed by atoms with E-state index in [1.807, 2.05) is 44.2 Å². The lowest BCUT2D eigenvalue weighted by atomic mass is 9.82. The van der Waals surface area contributed by atoms with Gasteiger partial charge in [-0.25, -0.2) is 0 Å². The highest BCUT2D eigenvalue weighted by atomic mass is 16.3. The van der Waals surface area contributed by atoms with Gasteiger partial charge < -0.3 is 15.3 Å². The van der Waals surface area contributed by atoms with Crippen LogP contribution in [0.5, 0.6) is 11.8 Å². The maximum absolute atomic E-state index is 10.4. The van der Waals surface area contributed by atoms with Crippen LogP contribution in [0.3, 0.4) is 0 Å². The molecule has 0 radical (unpaired) electrons. The molecule has 0 amide bonds. The van der Waals surface area contributed by atoms with Gasteiger partial charge in [0, 0.05) is 5.41 Å². The van der Waals surface area contributed by atoms with Gasteiger partial charge in [-0.2, -0.15) is 9.97 Å². The van der Waals surface area contributed by atoms with Crippen molar-refractivity contribution in [3.8, 4) is 11.8 Å². The quantitative estimate of drug-likeness (QED) is 0.805. The highest BCUT2D eigenvalue weighted by molar-refractivity contribution is 5.41. The van der Waals surface area contributed by atoms with E-state index in [0.717, 1.165) is 24.8 Å². The van der Waals surface area contributed by atoms with Gasteiger partial charge in [-0.3, -0.25) is 0 Å². The fourth-order valence-corrected chi connectivity index (χ4v) is 3.50. The molecule has 24 heavy (non-hydrogen) atoms. The van der Waals surface area contributed by atoms with Crippen molar-refractivity contribution in [1.29, 1.82) is 0 Å². The van der Waals surface area contributed by atoms with Crippen molar-refractivity contribution in [1.82, 2.24) is 9.97 Å². The smallest absolute Gasteiger partial charge is 0.221 e. The Bertz CT molecular complexity index is 693. The zero-order valence-corrected chi connectivity index (χ0v) is 14.1. The summed E-state index contributed by atoms with van der Waals surface area (Å²) in [4.78, 5) is 8.57. The van der Waals surface area contributed by atoms with Crippen molar-refractivity contribution in [3.05, 3.63) is 47.3 Å². The minimum atomic E-state index is -0.541. The Morgan fingerprint density at radius 2 is 1.62 bits per heavy atom. The lowest BCUT2D eigenvalue weighted by Crippen LogP contribution is -2.24. The maximum atomic E-state index is 10.4. The van der Waals surface area contributed by atoms with Gasteiger partial charge in [-0.15, -0.1) is 0 Å². The molecule has 0 spiro atoms. The molecule has 5 heteroatoms. The van der Waals surface area contributed by atoms with Crippen molar-refractivity contribution < 1.29 is 15.3 Å². The largest absolute Gasteiger partial charge is 0.493 e. The Labute approximate surface area is 142 Å². The molecular weight excluding hydrogens is 304 g/mol. The molecule has 1 saturated carbocycles. The van der Waals surface area contributed by atoms with Crippen LogP contribution in [0.1, 0.15) is 62.4 Å². The highest BCUT2D eigenvalue weighted by Crippen LogP contribution is 2.42. The number of benzene rings is 1. The van der Waals surface area contributed by atoms with E-state index in [1.165, 1.54) is 0 Å². The summed E-state index contributed by atoms with van der Waals surface area (Å²) in [7, 11) is 0. The van der Waals surface area contributed by atoms with Gasteiger partial charge in [-0.05, 0) is 44.6 Å². The van der Waals surface area contributed by atoms with E-state index < -0.39 is 11.5 Å². The van der Waals surface area contributed by atoms with Crippen LogP contribution < -0.4 is 0 Å². The van der Waals surface area contributed by atoms with Crippen molar-refractivity contribution >= 4 is 0 Å². The van der Waals surface area contributed by atoms with Crippen molar-refractivity contribution in [2.24, 2.45) is 0 Å². The van der Waals surface area contributed by atoms with E-state index in [4.69, 9.17) is 0 Å². The molecule has 2 unspecified atom stereocenters. The summed E-state index contributed by atoms with van der Waals surface area (Å²) in [6.45, 7) is 3.92. The molecule has 1 heterocycles. The summed E-state index contributed by atoms with van der Waals surface area (Å²) in [5.41, 5.74) is 0.826. The van der Waals surface area contributed by atoms with Crippen LogP contribution in [0, 0.1) is 0 Å². The van der Waals surface area contributed by atoms with Crippen LogP contribution in [-0.2, 0) is 5.41 Å². The first-order valence-electron chi connectivity index (χ1n) is 8.43. The number of nitrogens with zero attached hydrogens (tertiary/aromatic N) is 2. The van der Waals surface area contributed by atoms with Crippen molar-refractivity contribution in [2.45, 2.75) is 57.0 Å². The zero-order chi connectivity index (χ0) is 17.3. The molecule has 3 rings (SSSR count). The molecule has 1 aliphatic carbocycles. The Morgan fingerprint density at radius 1 is 1.00 bits per heavy atom. The molecule has 5 nitrogen and oxygen atoms in total. The standard InChI is InChI=1S/C19H24N2O3/c1-19(2,13-8-4-3-5-9-13)18-20-16(23)15(17(24)21-18)12-7-6-10-14(22)11-12/h3-5,8-9,12,14,22H,6-7,10-11H2,1-2H3,(H2,20,21,23,24). The average molecular weight is 328 g/mol. The zero-order valence-electron chi connectivity index (χ0n) is 14.1. The van der Waals surface area contributed by atoms with Gasteiger partial charge in [0.2, 0.25) is 11.8 Å². The van der Waals surface area contributed by atoms with E-state index in [-0.39, 0.29) is 17.7 Å². The fraction of sp³-hybridized carbons (Fsp3) is 0.474. The number of aliphatic hydroxyl groups excluding tert-OH is 1. The van der Waals surface area contributed by atoms with Crippen LogP contribution in [0.25, 0.3) is 0 Å². The van der Waals surface area contributed by atoms with Crippen LogP contribution in [0.2, 0.25) is 0 Å². The molecule has 1 aromatic heterocycles. The normalized spacial score (nSPS) is 21.6. The molecule has 2 aromatic rings. The highest BCUT2D eigenvalue weighted by Gasteiger charge is 2.32. The summed E-state index contributed by atoms with van der Waals surface area (Å²) in [5, 5.41) is 30.7. The number of aromatic nitrogens is 2. The molecule has 1 aliphatic rings. The predicted molar refractivity (Wildman–Crippen MR) is 91.1 cm³/mol. The summed E-state index contributed by atoms with van der Waals surface area (Å²) < 4.78 is 0. The monoisotopic (exact) mass is 328 g/mol. The molecule has 128 valence electrons. The van der Waals surface area contributed by atoms with Crippen molar-refractivity contribution in [3.63, 3.8) is 0 Å². The lowest BCUT2D eigenvalue weighted by molar-refractivity contribution is 0.118. The third-order valence-electron chi connectivity index (χ3n) is 5.01. The van der Waals surface area contributed by atoms with Gasteiger partial charge in [0.1, 0.15) is 5.82 Å². The first-order valence-corrected chi connectivity index (χ1v) is 8.43. The third kappa shape index (κ3) is 3.08. The number of aromatic hydroxyl groups is 2. The predicted octanol–water partition coefficient (Wildman–Crippen LogP) is 3.23. The van der Waals surface area contributed by atoms with E-state index in [9.17, 15) is 15.3 Å². The summed E-state index contributed by atoms with van der Waals surface area (Å²) in [6, 6.07) is 9.77. The third-order valence-corrected chi connectivity index (χ3v) is 5.01. The average Bonchev–Trinajstić information content (AvgIpc) is 2.55. The number of hydrogen-bond acceptors (Lipinski definition) is 5. The van der Waals surface area contributed by atoms with Gasteiger partial charge in [0.05, 0.1) is 11.7 Å². The molecule has 2 atom stereocenters. The van der Waals surface area contributed by atoms with E-state index in [0.29, 0.717) is 17.8 Å². The number of rotatable bonds is 3. The number of hydrogen-bond donors (Lipinski definition) is 3. The molecule has 1 fully saturated rings. The Hall–Kier alpha value is -2.14. The van der Waals surface area contributed by atoms with E-state index in [2.05, 4.69) is 9.97 Å². The van der Waals surface area contributed by atoms with Crippen LogP contribution in [0.4, 0.5) is 0 Å². The summed E-state index contributed by atoms with van der Waals surface area (Å²) in [6.07, 6.45) is 2.55.